The molecule has 0 aromatic heterocycles. The normalized spacial score (nSPS) is 16.7. The fraction of sp³-hybridized carbons (Fsp3) is 0.429. The van der Waals surface area contributed by atoms with Crippen LogP contribution in [-0.2, 0) is 23.1 Å². The molecule has 0 spiro atoms. The molecule has 0 saturated carbocycles. The highest BCUT2D eigenvalue weighted by Crippen LogP contribution is 2.19. The first-order chi connectivity index (χ1) is 12.9. The van der Waals surface area contributed by atoms with Gasteiger partial charge in [0.25, 0.3) is 0 Å². The summed E-state index contributed by atoms with van der Waals surface area (Å²) >= 11 is 0. The van der Waals surface area contributed by atoms with Crippen molar-refractivity contribution in [3.05, 3.63) is 65.7 Å². The number of hydrogen-bond donors (Lipinski definition) is 1. The van der Waals surface area contributed by atoms with E-state index in [0.29, 0.717) is 24.0 Å². The maximum absolute atomic E-state index is 12.9. The molecule has 27 heavy (non-hydrogen) atoms. The van der Waals surface area contributed by atoms with Crippen LogP contribution in [0.3, 0.4) is 0 Å². The Morgan fingerprint density at radius 1 is 0.889 bits per heavy atom. The fourth-order valence-corrected chi connectivity index (χ4v) is 4.64. The summed E-state index contributed by atoms with van der Waals surface area (Å²) in [6, 6.07) is 18.0. The van der Waals surface area contributed by atoms with Crippen LogP contribution < -0.4 is 5.32 Å². The molecule has 0 atom stereocenters. The topological polar surface area (TPSA) is 52.7 Å². The first kappa shape index (κ1) is 20.0. The number of nitrogens with one attached hydrogen (secondary N) is 1. The fourth-order valence-electron chi connectivity index (χ4n) is 3.22. The summed E-state index contributed by atoms with van der Waals surface area (Å²) < 4.78 is 27.4. The van der Waals surface area contributed by atoms with Gasteiger partial charge in [-0.25, -0.2) is 8.42 Å². The smallest absolute Gasteiger partial charge is 0.243 e. The molecule has 1 aliphatic rings. The number of rotatable bonds is 7. The van der Waals surface area contributed by atoms with Crippen molar-refractivity contribution in [2.75, 3.05) is 26.2 Å². The molecule has 1 fully saturated rings. The molecule has 1 aliphatic heterocycles. The Balaban J connectivity index is 1.58. The molecular formula is C21H29N3O2S. The van der Waals surface area contributed by atoms with Gasteiger partial charge >= 0.3 is 0 Å². The lowest BCUT2D eigenvalue weighted by molar-refractivity contribution is 0.181. The zero-order chi connectivity index (χ0) is 19.3. The van der Waals surface area contributed by atoms with E-state index in [9.17, 15) is 8.42 Å². The van der Waals surface area contributed by atoms with E-state index in [-0.39, 0.29) is 0 Å². The van der Waals surface area contributed by atoms with E-state index in [2.05, 4.69) is 36.2 Å². The summed E-state index contributed by atoms with van der Waals surface area (Å²) in [5.41, 5.74) is 2.36. The summed E-state index contributed by atoms with van der Waals surface area (Å²) in [5, 5.41) is 3.34. The molecular weight excluding hydrogens is 358 g/mol. The molecule has 0 aliphatic carbocycles. The van der Waals surface area contributed by atoms with Crippen LogP contribution >= 0.6 is 0 Å². The minimum absolute atomic E-state index is 0.382. The number of nitrogens with zero attached hydrogens (tertiary/aromatic N) is 2. The SMILES string of the molecule is CC(C)NCc1ccc(S(=O)(=O)N2CCN(Cc3ccccc3)CC2)cc1. The lowest BCUT2D eigenvalue weighted by Gasteiger charge is -2.34. The van der Waals surface area contributed by atoms with Gasteiger partial charge in [0.05, 0.1) is 4.90 Å². The Labute approximate surface area is 163 Å². The first-order valence-corrected chi connectivity index (χ1v) is 11.0. The van der Waals surface area contributed by atoms with Crippen LogP contribution in [-0.4, -0.2) is 49.8 Å². The summed E-state index contributed by atoms with van der Waals surface area (Å²) in [5.74, 6) is 0. The van der Waals surface area contributed by atoms with Gasteiger partial charge in [-0.15, -0.1) is 0 Å². The van der Waals surface area contributed by atoms with E-state index < -0.39 is 10.0 Å². The Kier molecular flexibility index (Phi) is 6.65. The summed E-state index contributed by atoms with van der Waals surface area (Å²) in [6.07, 6.45) is 0. The van der Waals surface area contributed by atoms with Crippen molar-refractivity contribution in [1.29, 1.82) is 0 Å². The molecule has 3 rings (SSSR count). The molecule has 1 saturated heterocycles. The number of piperazine rings is 1. The van der Waals surface area contributed by atoms with Crippen LogP contribution in [0.1, 0.15) is 25.0 Å². The highest BCUT2D eigenvalue weighted by molar-refractivity contribution is 7.89. The van der Waals surface area contributed by atoms with Crippen LogP contribution in [0.5, 0.6) is 0 Å². The van der Waals surface area contributed by atoms with Crippen LogP contribution in [0.4, 0.5) is 0 Å². The Bertz CT molecular complexity index is 812. The molecule has 0 bridgehead atoms. The zero-order valence-electron chi connectivity index (χ0n) is 16.1. The van der Waals surface area contributed by atoms with Crippen LogP contribution in [0.15, 0.2) is 59.5 Å². The molecule has 146 valence electrons. The lowest BCUT2D eigenvalue weighted by Crippen LogP contribution is -2.48. The molecule has 2 aromatic rings. The molecule has 6 heteroatoms. The standard InChI is InChI=1S/C21H29N3O2S/c1-18(2)22-16-19-8-10-21(11-9-19)27(25,26)24-14-12-23(13-15-24)17-20-6-4-3-5-7-20/h3-11,18,22H,12-17H2,1-2H3. The van der Waals surface area contributed by atoms with E-state index in [0.717, 1.165) is 31.7 Å². The summed E-state index contributed by atoms with van der Waals surface area (Å²) in [4.78, 5) is 2.69. The number of hydrogen-bond acceptors (Lipinski definition) is 4. The molecule has 0 radical (unpaired) electrons. The van der Waals surface area contributed by atoms with Crippen LogP contribution in [0.25, 0.3) is 0 Å². The number of sulfonamides is 1. The Morgan fingerprint density at radius 3 is 2.11 bits per heavy atom. The molecule has 2 aromatic carbocycles. The maximum Gasteiger partial charge on any atom is 0.243 e. The van der Waals surface area contributed by atoms with Crippen molar-refractivity contribution in [2.45, 2.75) is 37.9 Å². The summed E-state index contributed by atoms with van der Waals surface area (Å²) in [6.45, 7) is 8.38. The molecule has 1 heterocycles. The van der Waals surface area contributed by atoms with E-state index in [1.165, 1.54) is 5.56 Å². The zero-order valence-corrected chi connectivity index (χ0v) is 17.0. The van der Waals surface area contributed by atoms with Crippen molar-refractivity contribution in [3.63, 3.8) is 0 Å². The van der Waals surface area contributed by atoms with E-state index in [1.807, 2.05) is 30.3 Å². The predicted molar refractivity (Wildman–Crippen MR) is 109 cm³/mol. The highest BCUT2D eigenvalue weighted by Gasteiger charge is 2.28. The average Bonchev–Trinajstić information content (AvgIpc) is 2.68. The third-order valence-electron chi connectivity index (χ3n) is 4.86. The van der Waals surface area contributed by atoms with E-state index in [4.69, 9.17) is 0 Å². The van der Waals surface area contributed by atoms with Crippen molar-refractivity contribution in [1.82, 2.24) is 14.5 Å². The largest absolute Gasteiger partial charge is 0.310 e. The van der Waals surface area contributed by atoms with Gasteiger partial charge in [-0.05, 0) is 23.3 Å². The first-order valence-electron chi connectivity index (χ1n) is 9.54. The van der Waals surface area contributed by atoms with Gasteiger partial charge in [0.1, 0.15) is 0 Å². The average molecular weight is 388 g/mol. The van der Waals surface area contributed by atoms with Gasteiger partial charge in [-0.2, -0.15) is 4.31 Å². The molecule has 5 nitrogen and oxygen atoms in total. The third kappa shape index (κ3) is 5.39. The highest BCUT2D eigenvalue weighted by atomic mass is 32.2. The van der Waals surface area contributed by atoms with Gasteiger partial charge < -0.3 is 5.32 Å². The van der Waals surface area contributed by atoms with Crippen LogP contribution in [0.2, 0.25) is 0 Å². The molecule has 0 unspecified atom stereocenters. The molecule has 1 N–H and O–H groups in total. The van der Waals surface area contributed by atoms with Gasteiger partial charge in [-0.1, -0.05) is 56.3 Å². The predicted octanol–water partition coefficient (Wildman–Crippen LogP) is 2.69. The van der Waals surface area contributed by atoms with Crippen molar-refractivity contribution in [3.8, 4) is 0 Å². The minimum atomic E-state index is -3.42. The quantitative estimate of drug-likeness (QED) is 0.794. The number of benzene rings is 2. The Morgan fingerprint density at radius 2 is 1.52 bits per heavy atom. The second-order valence-corrected chi connectivity index (χ2v) is 9.28. The van der Waals surface area contributed by atoms with Gasteiger partial charge in [0.15, 0.2) is 0 Å². The van der Waals surface area contributed by atoms with E-state index in [1.54, 1.807) is 16.4 Å². The third-order valence-corrected chi connectivity index (χ3v) is 6.77. The Hall–Kier alpha value is -1.73. The minimum Gasteiger partial charge on any atom is -0.310 e. The monoisotopic (exact) mass is 387 g/mol. The van der Waals surface area contributed by atoms with Crippen molar-refractivity contribution < 1.29 is 8.42 Å². The van der Waals surface area contributed by atoms with Crippen molar-refractivity contribution >= 4 is 10.0 Å². The second kappa shape index (κ2) is 8.97. The maximum atomic E-state index is 12.9. The van der Waals surface area contributed by atoms with Crippen LogP contribution in [0, 0.1) is 0 Å². The van der Waals surface area contributed by atoms with Crippen molar-refractivity contribution in [2.24, 2.45) is 0 Å². The second-order valence-electron chi connectivity index (χ2n) is 7.35. The van der Waals surface area contributed by atoms with Gasteiger partial charge in [-0.3, -0.25) is 4.90 Å². The summed E-state index contributed by atoms with van der Waals surface area (Å²) in [7, 11) is -3.42. The lowest BCUT2D eigenvalue weighted by atomic mass is 10.2. The van der Waals surface area contributed by atoms with Gasteiger partial charge in [0, 0.05) is 45.3 Å². The van der Waals surface area contributed by atoms with Gasteiger partial charge in [0.2, 0.25) is 10.0 Å². The van der Waals surface area contributed by atoms with E-state index >= 15 is 0 Å². The molecule has 0 amide bonds.